The lowest BCUT2D eigenvalue weighted by Gasteiger charge is -2.13. The first-order chi connectivity index (χ1) is 7.81. The zero-order valence-electron chi connectivity index (χ0n) is 9.10. The molecule has 16 heavy (non-hydrogen) atoms. The van der Waals surface area contributed by atoms with Crippen LogP contribution >= 0.6 is 0 Å². The fourth-order valence-corrected chi connectivity index (χ4v) is 1.63. The van der Waals surface area contributed by atoms with E-state index >= 15 is 0 Å². The molecule has 0 spiro atoms. The molecule has 0 fully saturated rings. The predicted octanol–water partition coefficient (Wildman–Crippen LogP) is 1.67. The summed E-state index contributed by atoms with van der Waals surface area (Å²) in [6, 6.07) is 1.80. The summed E-state index contributed by atoms with van der Waals surface area (Å²) in [5, 5.41) is 0. The molecule has 1 aliphatic heterocycles. The molecule has 0 bridgehead atoms. The van der Waals surface area contributed by atoms with E-state index in [2.05, 4.69) is 9.72 Å². The molecule has 0 atom stereocenters. The normalized spacial score (nSPS) is 15.4. The third-order valence-electron chi connectivity index (χ3n) is 2.49. The molecule has 1 aromatic rings. The van der Waals surface area contributed by atoms with Crippen LogP contribution in [-0.4, -0.2) is 31.3 Å². The number of carbonyl (C=O) groups excluding carboxylic acids is 1. The number of rotatable bonds is 2. The highest BCUT2D eigenvalue weighted by Gasteiger charge is 2.10. The summed E-state index contributed by atoms with van der Waals surface area (Å²) in [5.74, 6) is -0.359. The van der Waals surface area contributed by atoms with E-state index in [9.17, 15) is 4.79 Å². The summed E-state index contributed by atoms with van der Waals surface area (Å²) in [5.41, 5.74) is 2.61. The van der Waals surface area contributed by atoms with E-state index in [0.717, 1.165) is 12.0 Å². The second kappa shape index (κ2) is 4.90. The molecule has 0 saturated heterocycles. The lowest BCUT2D eigenvalue weighted by molar-refractivity contribution is 0.0600. The van der Waals surface area contributed by atoms with Gasteiger partial charge in [-0.1, -0.05) is 6.08 Å². The minimum Gasteiger partial charge on any atom is -0.465 e. The van der Waals surface area contributed by atoms with E-state index in [1.165, 1.54) is 18.9 Å². The van der Waals surface area contributed by atoms with E-state index in [4.69, 9.17) is 4.74 Å². The molecule has 0 radical (unpaired) electrons. The zero-order chi connectivity index (χ0) is 11.4. The maximum absolute atomic E-state index is 11.3. The van der Waals surface area contributed by atoms with Crippen molar-refractivity contribution in [2.24, 2.45) is 0 Å². The minimum absolute atomic E-state index is 0.359. The van der Waals surface area contributed by atoms with Gasteiger partial charge in [-0.05, 0) is 23.6 Å². The number of hydrogen-bond donors (Lipinski definition) is 0. The van der Waals surface area contributed by atoms with Crippen molar-refractivity contribution < 1.29 is 14.3 Å². The number of aromatic nitrogens is 1. The van der Waals surface area contributed by atoms with Gasteiger partial charge in [0.05, 0.1) is 25.9 Å². The Bertz CT molecular complexity index is 426. The Balaban J connectivity index is 2.28. The molecule has 2 heterocycles. The van der Waals surface area contributed by atoms with Crippen LogP contribution in [0, 0.1) is 0 Å². The second-order valence-electron chi connectivity index (χ2n) is 3.51. The standard InChI is InChI=1S/C12H13NO3/c1-15-12(14)11-6-10(7-13-8-11)9-2-4-16-5-3-9/h2,6-8H,3-5H2,1H3. The van der Waals surface area contributed by atoms with Crippen LogP contribution in [-0.2, 0) is 9.47 Å². The highest BCUT2D eigenvalue weighted by atomic mass is 16.5. The lowest BCUT2D eigenvalue weighted by atomic mass is 10.0. The zero-order valence-corrected chi connectivity index (χ0v) is 9.10. The van der Waals surface area contributed by atoms with Crippen LogP contribution in [0.1, 0.15) is 22.3 Å². The quantitative estimate of drug-likeness (QED) is 0.710. The van der Waals surface area contributed by atoms with Gasteiger partial charge in [-0.15, -0.1) is 0 Å². The van der Waals surface area contributed by atoms with E-state index in [-0.39, 0.29) is 5.97 Å². The third-order valence-corrected chi connectivity index (χ3v) is 2.49. The van der Waals surface area contributed by atoms with Crippen molar-refractivity contribution in [2.75, 3.05) is 20.3 Å². The van der Waals surface area contributed by atoms with E-state index in [1.807, 2.05) is 6.08 Å². The molecule has 2 rings (SSSR count). The molecule has 0 aliphatic carbocycles. The first-order valence-corrected chi connectivity index (χ1v) is 5.12. The predicted molar refractivity (Wildman–Crippen MR) is 59.0 cm³/mol. The van der Waals surface area contributed by atoms with Gasteiger partial charge >= 0.3 is 5.97 Å². The summed E-state index contributed by atoms with van der Waals surface area (Å²) in [6.07, 6.45) is 6.13. The molecule has 1 aliphatic rings. The van der Waals surface area contributed by atoms with E-state index in [1.54, 1.807) is 12.3 Å². The van der Waals surface area contributed by atoms with Crippen LogP contribution < -0.4 is 0 Å². The van der Waals surface area contributed by atoms with Crippen LogP contribution in [0.3, 0.4) is 0 Å². The summed E-state index contributed by atoms with van der Waals surface area (Å²) < 4.78 is 9.89. The molecule has 0 N–H and O–H groups in total. The molecular formula is C12H13NO3. The van der Waals surface area contributed by atoms with Gasteiger partial charge in [-0.3, -0.25) is 4.98 Å². The number of hydrogen-bond acceptors (Lipinski definition) is 4. The summed E-state index contributed by atoms with van der Waals surface area (Å²) >= 11 is 0. The SMILES string of the molecule is COC(=O)c1cncc(C2=CCOCC2)c1. The second-order valence-corrected chi connectivity index (χ2v) is 3.51. The first-order valence-electron chi connectivity index (χ1n) is 5.12. The molecule has 0 saturated carbocycles. The van der Waals surface area contributed by atoms with Gasteiger partial charge in [0.2, 0.25) is 0 Å². The van der Waals surface area contributed by atoms with Gasteiger partial charge in [-0.25, -0.2) is 4.79 Å². The van der Waals surface area contributed by atoms with Crippen LogP contribution in [0.4, 0.5) is 0 Å². The molecule has 84 valence electrons. The molecule has 0 unspecified atom stereocenters. The first kappa shape index (κ1) is 10.8. The number of esters is 1. The molecule has 4 nitrogen and oxygen atoms in total. The van der Waals surface area contributed by atoms with Crippen molar-refractivity contribution >= 4 is 11.5 Å². The smallest absolute Gasteiger partial charge is 0.339 e. The fraction of sp³-hybridized carbons (Fsp3) is 0.333. The summed E-state index contributed by atoms with van der Waals surface area (Å²) in [4.78, 5) is 15.4. The van der Waals surface area contributed by atoms with Crippen molar-refractivity contribution in [3.8, 4) is 0 Å². The minimum atomic E-state index is -0.359. The number of methoxy groups -OCH3 is 1. The summed E-state index contributed by atoms with van der Waals surface area (Å²) in [6.45, 7) is 1.34. The Labute approximate surface area is 93.9 Å². The highest BCUT2D eigenvalue weighted by Crippen LogP contribution is 2.21. The Morgan fingerprint density at radius 1 is 1.50 bits per heavy atom. The van der Waals surface area contributed by atoms with Gasteiger partial charge in [0, 0.05) is 12.4 Å². The maximum atomic E-state index is 11.3. The van der Waals surface area contributed by atoms with Crippen molar-refractivity contribution in [1.82, 2.24) is 4.98 Å². The highest BCUT2D eigenvalue weighted by molar-refractivity contribution is 5.90. The third kappa shape index (κ3) is 2.28. The van der Waals surface area contributed by atoms with Crippen LogP contribution in [0.25, 0.3) is 5.57 Å². The molecule has 0 aromatic carbocycles. The Hall–Kier alpha value is -1.68. The maximum Gasteiger partial charge on any atom is 0.339 e. The number of ether oxygens (including phenoxy) is 2. The Morgan fingerprint density at radius 3 is 3.06 bits per heavy atom. The monoisotopic (exact) mass is 219 g/mol. The Morgan fingerprint density at radius 2 is 2.38 bits per heavy atom. The lowest BCUT2D eigenvalue weighted by Crippen LogP contribution is -2.06. The average molecular weight is 219 g/mol. The van der Waals surface area contributed by atoms with Crippen LogP contribution in [0.15, 0.2) is 24.5 Å². The van der Waals surface area contributed by atoms with Gasteiger partial charge in [0.25, 0.3) is 0 Å². The number of pyridine rings is 1. The van der Waals surface area contributed by atoms with Crippen molar-refractivity contribution in [3.05, 3.63) is 35.7 Å². The largest absolute Gasteiger partial charge is 0.465 e. The van der Waals surface area contributed by atoms with Crippen molar-refractivity contribution in [3.63, 3.8) is 0 Å². The molecule has 4 heteroatoms. The van der Waals surface area contributed by atoms with Gasteiger partial charge in [0.1, 0.15) is 0 Å². The van der Waals surface area contributed by atoms with Gasteiger partial charge in [0.15, 0.2) is 0 Å². The molecular weight excluding hydrogens is 206 g/mol. The molecule has 1 aromatic heterocycles. The van der Waals surface area contributed by atoms with Crippen molar-refractivity contribution in [1.29, 1.82) is 0 Å². The molecule has 0 amide bonds. The van der Waals surface area contributed by atoms with Crippen LogP contribution in [0.5, 0.6) is 0 Å². The number of nitrogens with zero attached hydrogens (tertiary/aromatic N) is 1. The van der Waals surface area contributed by atoms with Crippen LogP contribution in [0.2, 0.25) is 0 Å². The van der Waals surface area contributed by atoms with Crippen molar-refractivity contribution in [2.45, 2.75) is 6.42 Å². The van der Waals surface area contributed by atoms with Gasteiger partial charge in [-0.2, -0.15) is 0 Å². The number of carbonyl (C=O) groups is 1. The summed E-state index contributed by atoms with van der Waals surface area (Å²) in [7, 11) is 1.36. The Kier molecular flexibility index (Phi) is 3.31. The fourth-order valence-electron chi connectivity index (χ4n) is 1.63. The van der Waals surface area contributed by atoms with Gasteiger partial charge < -0.3 is 9.47 Å². The van der Waals surface area contributed by atoms with E-state index < -0.39 is 0 Å². The van der Waals surface area contributed by atoms with E-state index in [0.29, 0.717) is 18.8 Å². The average Bonchev–Trinajstić information content (AvgIpc) is 2.39. The topological polar surface area (TPSA) is 48.4 Å².